The van der Waals surface area contributed by atoms with E-state index in [2.05, 4.69) is 32.2 Å². The standard InChI is InChI=1S/C25H26FNO3S/c1-15-13-25(2,3)27-20-11-10-16(17-7-5-8-19(26)23(17)29-4)18(22(15)20)14-30-24(28)21-9-6-12-31-21/h5-8,10-13,21,27H,9,14H2,1-4H3. The molecule has 31 heavy (non-hydrogen) atoms. The van der Waals surface area contributed by atoms with Crippen molar-refractivity contribution in [1.29, 1.82) is 0 Å². The van der Waals surface area contributed by atoms with Crippen LogP contribution in [0.3, 0.4) is 0 Å². The first-order chi connectivity index (χ1) is 14.8. The molecule has 0 aromatic heterocycles. The molecule has 0 saturated heterocycles. The molecule has 0 radical (unpaired) electrons. The van der Waals surface area contributed by atoms with Gasteiger partial charge >= 0.3 is 5.97 Å². The molecule has 1 N–H and O–H groups in total. The zero-order valence-corrected chi connectivity index (χ0v) is 18.9. The SMILES string of the molecule is COc1c(F)cccc1-c1ccc2c(c1COC(=O)C1CC=CS1)C(C)=CC(C)(C)N2. The van der Waals surface area contributed by atoms with Crippen molar-refractivity contribution < 1.29 is 18.7 Å². The van der Waals surface area contributed by atoms with Gasteiger partial charge in [-0.05, 0) is 55.9 Å². The first kappa shape index (κ1) is 21.5. The minimum absolute atomic E-state index is 0.0986. The van der Waals surface area contributed by atoms with E-state index in [4.69, 9.17) is 9.47 Å². The van der Waals surface area contributed by atoms with Crippen LogP contribution in [0.4, 0.5) is 10.1 Å². The van der Waals surface area contributed by atoms with Crippen molar-refractivity contribution in [2.45, 2.75) is 44.6 Å². The number of anilines is 1. The lowest BCUT2D eigenvalue weighted by atomic mass is 9.85. The average molecular weight is 440 g/mol. The molecule has 0 saturated carbocycles. The lowest BCUT2D eigenvalue weighted by molar-refractivity contribution is -0.144. The zero-order chi connectivity index (χ0) is 22.2. The van der Waals surface area contributed by atoms with E-state index in [0.29, 0.717) is 12.0 Å². The molecule has 0 bridgehead atoms. The van der Waals surface area contributed by atoms with E-state index in [1.165, 1.54) is 24.9 Å². The molecule has 2 aromatic carbocycles. The van der Waals surface area contributed by atoms with Gasteiger partial charge in [0.15, 0.2) is 11.6 Å². The Labute approximate surface area is 186 Å². The highest BCUT2D eigenvalue weighted by molar-refractivity contribution is 8.03. The van der Waals surface area contributed by atoms with Gasteiger partial charge in [-0.15, -0.1) is 11.8 Å². The van der Waals surface area contributed by atoms with Crippen LogP contribution in [0.15, 0.2) is 47.9 Å². The first-order valence-corrected chi connectivity index (χ1v) is 11.2. The van der Waals surface area contributed by atoms with Gasteiger partial charge in [0.05, 0.1) is 12.6 Å². The number of fused-ring (bicyclic) bond motifs is 1. The molecule has 0 fully saturated rings. The van der Waals surface area contributed by atoms with Crippen molar-refractivity contribution in [3.63, 3.8) is 0 Å². The molecular weight excluding hydrogens is 413 g/mol. The molecule has 4 rings (SSSR count). The molecule has 4 nitrogen and oxygen atoms in total. The number of benzene rings is 2. The number of halogens is 1. The highest BCUT2D eigenvalue weighted by Gasteiger charge is 2.28. The minimum atomic E-state index is -0.430. The van der Waals surface area contributed by atoms with Gasteiger partial charge in [0.25, 0.3) is 0 Å². The molecule has 2 aliphatic rings. The van der Waals surface area contributed by atoms with Crippen molar-refractivity contribution in [2.75, 3.05) is 12.4 Å². The van der Waals surface area contributed by atoms with E-state index in [1.54, 1.807) is 6.07 Å². The van der Waals surface area contributed by atoms with Crippen molar-refractivity contribution in [3.8, 4) is 16.9 Å². The lowest BCUT2D eigenvalue weighted by Crippen LogP contribution is -2.32. The number of ether oxygens (including phenoxy) is 2. The Morgan fingerprint density at radius 3 is 2.77 bits per heavy atom. The maximum atomic E-state index is 14.5. The predicted octanol–water partition coefficient (Wildman–Crippen LogP) is 6.17. The highest BCUT2D eigenvalue weighted by atomic mass is 32.2. The summed E-state index contributed by atoms with van der Waals surface area (Å²) in [5.74, 6) is -0.493. The number of para-hydroxylation sites is 1. The topological polar surface area (TPSA) is 47.6 Å². The highest BCUT2D eigenvalue weighted by Crippen LogP contribution is 2.43. The van der Waals surface area contributed by atoms with Gasteiger partial charge in [0.2, 0.25) is 0 Å². The monoisotopic (exact) mass is 439 g/mol. The van der Waals surface area contributed by atoms with E-state index in [0.717, 1.165) is 28.0 Å². The van der Waals surface area contributed by atoms with Gasteiger partial charge in [0.1, 0.15) is 11.9 Å². The molecule has 6 heteroatoms. The largest absolute Gasteiger partial charge is 0.493 e. The molecule has 162 valence electrons. The molecule has 2 aromatic rings. The summed E-state index contributed by atoms with van der Waals surface area (Å²) in [5, 5.41) is 5.25. The van der Waals surface area contributed by atoms with Crippen LogP contribution in [0.25, 0.3) is 16.7 Å². The Kier molecular flexibility index (Phi) is 5.84. The molecule has 0 aliphatic carbocycles. The van der Waals surface area contributed by atoms with Crippen LogP contribution in [0, 0.1) is 5.82 Å². The molecule has 0 amide bonds. The summed E-state index contributed by atoms with van der Waals surface area (Å²) in [6.07, 6.45) is 4.81. The maximum absolute atomic E-state index is 14.5. The van der Waals surface area contributed by atoms with Crippen molar-refractivity contribution in [3.05, 3.63) is 64.8 Å². The van der Waals surface area contributed by atoms with E-state index in [9.17, 15) is 9.18 Å². The third-order valence-corrected chi connectivity index (χ3v) is 6.58. The Balaban J connectivity index is 1.81. The van der Waals surface area contributed by atoms with Gasteiger partial charge in [-0.1, -0.05) is 30.4 Å². The maximum Gasteiger partial charge on any atom is 0.320 e. The van der Waals surface area contributed by atoms with Crippen molar-refractivity contribution in [1.82, 2.24) is 0 Å². The van der Waals surface area contributed by atoms with E-state index in [1.807, 2.05) is 29.7 Å². The molecule has 1 atom stereocenters. The number of esters is 1. The second-order valence-corrected chi connectivity index (χ2v) is 9.46. The summed E-state index contributed by atoms with van der Waals surface area (Å²) in [4.78, 5) is 12.6. The summed E-state index contributed by atoms with van der Waals surface area (Å²) >= 11 is 1.47. The van der Waals surface area contributed by atoms with Gasteiger partial charge in [0, 0.05) is 22.4 Å². The second-order valence-electron chi connectivity index (χ2n) is 8.35. The molecular formula is C25H26FNO3S. The number of allylic oxidation sites excluding steroid dienone is 2. The molecule has 0 spiro atoms. The van der Waals surface area contributed by atoms with E-state index >= 15 is 0 Å². The number of methoxy groups -OCH3 is 1. The second kappa shape index (κ2) is 8.42. The van der Waals surface area contributed by atoms with Crippen LogP contribution < -0.4 is 10.1 Å². The average Bonchev–Trinajstić information content (AvgIpc) is 3.25. The predicted molar refractivity (Wildman–Crippen MR) is 125 cm³/mol. The van der Waals surface area contributed by atoms with E-state index in [-0.39, 0.29) is 29.1 Å². The van der Waals surface area contributed by atoms with Crippen molar-refractivity contribution in [2.24, 2.45) is 0 Å². The van der Waals surface area contributed by atoms with Crippen LogP contribution in [-0.4, -0.2) is 23.9 Å². The number of rotatable bonds is 5. The number of carbonyl (C=O) groups excluding carboxylic acids is 1. The Hall–Kier alpha value is -2.73. The number of hydrogen-bond acceptors (Lipinski definition) is 5. The van der Waals surface area contributed by atoms with Gasteiger partial charge < -0.3 is 14.8 Å². The van der Waals surface area contributed by atoms with Crippen LogP contribution in [0.5, 0.6) is 5.75 Å². The number of nitrogens with one attached hydrogen (secondary N) is 1. The normalized spacial score (nSPS) is 18.7. The van der Waals surface area contributed by atoms with Crippen LogP contribution in [-0.2, 0) is 16.1 Å². The third kappa shape index (κ3) is 4.22. The third-order valence-electron chi connectivity index (χ3n) is 5.51. The lowest BCUT2D eigenvalue weighted by Gasteiger charge is -2.33. The fourth-order valence-corrected chi connectivity index (χ4v) is 5.12. The summed E-state index contributed by atoms with van der Waals surface area (Å²) in [5.41, 5.74) is 5.08. The van der Waals surface area contributed by atoms with Gasteiger partial charge in [-0.25, -0.2) is 4.39 Å². The van der Waals surface area contributed by atoms with Crippen molar-refractivity contribution >= 4 is 29.0 Å². The minimum Gasteiger partial charge on any atom is -0.493 e. The summed E-state index contributed by atoms with van der Waals surface area (Å²) in [7, 11) is 1.46. The number of thioether (sulfide) groups is 1. The Bertz CT molecular complexity index is 1080. The zero-order valence-electron chi connectivity index (χ0n) is 18.1. The quantitative estimate of drug-likeness (QED) is 0.565. The number of carbonyl (C=O) groups is 1. The molecule has 2 heterocycles. The smallest absolute Gasteiger partial charge is 0.320 e. The summed E-state index contributed by atoms with van der Waals surface area (Å²) in [6, 6.07) is 8.79. The number of hydrogen-bond donors (Lipinski definition) is 1. The van der Waals surface area contributed by atoms with Gasteiger partial charge in [-0.3, -0.25) is 4.79 Å². The molecule has 1 unspecified atom stereocenters. The Morgan fingerprint density at radius 2 is 2.06 bits per heavy atom. The van der Waals surface area contributed by atoms with Crippen LogP contribution in [0.2, 0.25) is 0 Å². The summed E-state index contributed by atoms with van der Waals surface area (Å²) < 4.78 is 25.6. The fraction of sp³-hybridized carbons (Fsp3) is 0.320. The first-order valence-electron chi connectivity index (χ1n) is 10.2. The van der Waals surface area contributed by atoms with Crippen LogP contribution >= 0.6 is 11.8 Å². The fourth-order valence-electron chi connectivity index (χ4n) is 4.30. The van der Waals surface area contributed by atoms with Gasteiger partial charge in [-0.2, -0.15) is 0 Å². The Morgan fingerprint density at radius 1 is 1.26 bits per heavy atom. The molecule has 2 aliphatic heterocycles. The van der Waals surface area contributed by atoms with E-state index < -0.39 is 5.82 Å². The summed E-state index contributed by atoms with van der Waals surface area (Å²) in [6.45, 7) is 6.36. The van der Waals surface area contributed by atoms with Crippen LogP contribution in [0.1, 0.15) is 38.3 Å².